The lowest BCUT2D eigenvalue weighted by atomic mass is 10.2. The summed E-state index contributed by atoms with van der Waals surface area (Å²) in [6.07, 6.45) is 0. The Labute approximate surface area is 164 Å². The number of hydrogen-bond donors (Lipinski definition) is 1. The van der Waals surface area contributed by atoms with Crippen LogP contribution in [-0.4, -0.2) is 58.9 Å². The predicted octanol–water partition coefficient (Wildman–Crippen LogP) is 1.57. The lowest BCUT2D eigenvalue weighted by Gasteiger charge is -2.34. The van der Waals surface area contributed by atoms with Crippen LogP contribution in [0.2, 0.25) is 0 Å². The van der Waals surface area contributed by atoms with Gasteiger partial charge in [-0.2, -0.15) is 0 Å². The fraction of sp³-hybridized carbons (Fsp3) is 0.381. The SMILES string of the molecule is CCN1CCN(C(=O)Cn2c(C)ccc(NC(=O)c3ccccc3)c2=O)CC1. The summed E-state index contributed by atoms with van der Waals surface area (Å²) in [6.45, 7) is 7.89. The van der Waals surface area contributed by atoms with E-state index in [2.05, 4.69) is 17.1 Å². The van der Waals surface area contributed by atoms with Gasteiger partial charge in [0.1, 0.15) is 12.2 Å². The van der Waals surface area contributed by atoms with E-state index in [9.17, 15) is 14.4 Å². The quantitative estimate of drug-likeness (QED) is 0.852. The maximum atomic E-state index is 12.8. The van der Waals surface area contributed by atoms with E-state index in [0.29, 0.717) is 24.3 Å². The molecule has 0 radical (unpaired) electrons. The zero-order chi connectivity index (χ0) is 20.1. The first kappa shape index (κ1) is 19.8. The number of carbonyl (C=O) groups excluding carboxylic acids is 2. The van der Waals surface area contributed by atoms with Crippen molar-refractivity contribution in [2.24, 2.45) is 0 Å². The number of piperazine rings is 1. The molecule has 1 aliphatic rings. The highest BCUT2D eigenvalue weighted by atomic mass is 16.2. The van der Waals surface area contributed by atoms with E-state index in [0.717, 1.165) is 19.6 Å². The van der Waals surface area contributed by atoms with Gasteiger partial charge in [0.25, 0.3) is 11.5 Å². The summed E-state index contributed by atoms with van der Waals surface area (Å²) in [5.74, 6) is -0.428. The van der Waals surface area contributed by atoms with Gasteiger partial charge in [0, 0.05) is 37.4 Å². The summed E-state index contributed by atoms with van der Waals surface area (Å²) in [7, 11) is 0. The third-order valence-electron chi connectivity index (χ3n) is 5.14. The van der Waals surface area contributed by atoms with Gasteiger partial charge in [0.2, 0.25) is 5.91 Å². The number of rotatable bonds is 5. The number of anilines is 1. The summed E-state index contributed by atoms with van der Waals surface area (Å²) >= 11 is 0. The van der Waals surface area contributed by atoms with Crippen molar-refractivity contribution in [2.75, 3.05) is 38.0 Å². The van der Waals surface area contributed by atoms with Crippen molar-refractivity contribution in [2.45, 2.75) is 20.4 Å². The summed E-state index contributed by atoms with van der Waals surface area (Å²) < 4.78 is 1.43. The molecular formula is C21H26N4O3. The maximum Gasteiger partial charge on any atom is 0.274 e. The number of amides is 2. The third kappa shape index (κ3) is 4.48. The van der Waals surface area contributed by atoms with Gasteiger partial charge in [-0.1, -0.05) is 25.1 Å². The number of benzene rings is 1. The Kier molecular flexibility index (Phi) is 6.26. The third-order valence-corrected chi connectivity index (χ3v) is 5.14. The highest BCUT2D eigenvalue weighted by molar-refractivity contribution is 6.04. The van der Waals surface area contributed by atoms with Gasteiger partial charge in [0.15, 0.2) is 0 Å². The van der Waals surface area contributed by atoms with Gasteiger partial charge in [-0.25, -0.2) is 0 Å². The topological polar surface area (TPSA) is 74.7 Å². The number of carbonyl (C=O) groups is 2. The molecule has 1 N–H and O–H groups in total. The normalized spacial score (nSPS) is 14.7. The summed E-state index contributed by atoms with van der Waals surface area (Å²) in [4.78, 5) is 42.0. The lowest BCUT2D eigenvalue weighted by Crippen LogP contribution is -2.50. The average molecular weight is 382 g/mol. The Morgan fingerprint density at radius 2 is 1.68 bits per heavy atom. The van der Waals surface area contributed by atoms with Crippen LogP contribution in [0.1, 0.15) is 23.0 Å². The zero-order valence-electron chi connectivity index (χ0n) is 16.4. The molecule has 1 aromatic heterocycles. The number of pyridine rings is 1. The second-order valence-electron chi connectivity index (χ2n) is 6.91. The van der Waals surface area contributed by atoms with Crippen molar-refractivity contribution >= 4 is 17.5 Å². The van der Waals surface area contributed by atoms with E-state index in [1.54, 1.807) is 48.2 Å². The molecule has 2 aromatic rings. The first-order chi connectivity index (χ1) is 13.5. The van der Waals surface area contributed by atoms with Crippen molar-refractivity contribution < 1.29 is 9.59 Å². The molecule has 28 heavy (non-hydrogen) atoms. The minimum atomic E-state index is -0.371. The number of likely N-dealkylation sites (N-methyl/N-ethyl adjacent to an activating group) is 1. The van der Waals surface area contributed by atoms with E-state index >= 15 is 0 Å². The van der Waals surface area contributed by atoms with Crippen LogP contribution in [0.5, 0.6) is 0 Å². The van der Waals surface area contributed by atoms with Crippen LogP contribution in [0.3, 0.4) is 0 Å². The molecule has 0 saturated carbocycles. The number of aryl methyl sites for hydroxylation is 1. The summed E-state index contributed by atoms with van der Waals surface area (Å²) in [5, 5.41) is 2.66. The van der Waals surface area contributed by atoms with Gasteiger partial charge in [-0.3, -0.25) is 14.4 Å². The largest absolute Gasteiger partial charge is 0.339 e. The molecule has 3 rings (SSSR count). The van der Waals surface area contributed by atoms with Crippen LogP contribution in [0.4, 0.5) is 5.69 Å². The first-order valence-corrected chi connectivity index (χ1v) is 9.56. The molecule has 7 nitrogen and oxygen atoms in total. The van der Waals surface area contributed by atoms with Crippen molar-refractivity contribution in [3.8, 4) is 0 Å². The Morgan fingerprint density at radius 3 is 2.32 bits per heavy atom. The first-order valence-electron chi connectivity index (χ1n) is 9.56. The van der Waals surface area contributed by atoms with E-state index < -0.39 is 0 Å². The second-order valence-corrected chi connectivity index (χ2v) is 6.91. The molecule has 0 bridgehead atoms. The van der Waals surface area contributed by atoms with Crippen molar-refractivity contribution in [3.63, 3.8) is 0 Å². The maximum absolute atomic E-state index is 12.8. The lowest BCUT2D eigenvalue weighted by molar-refractivity contribution is -0.133. The van der Waals surface area contributed by atoms with Crippen LogP contribution in [0.15, 0.2) is 47.3 Å². The molecule has 2 amide bonds. The van der Waals surface area contributed by atoms with Crippen LogP contribution in [-0.2, 0) is 11.3 Å². The monoisotopic (exact) mass is 382 g/mol. The summed E-state index contributed by atoms with van der Waals surface area (Å²) in [5.41, 5.74) is 0.954. The van der Waals surface area contributed by atoms with Crippen LogP contribution in [0.25, 0.3) is 0 Å². The van der Waals surface area contributed by atoms with Gasteiger partial charge in [-0.15, -0.1) is 0 Å². The van der Waals surface area contributed by atoms with Gasteiger partial charge in [-0.05, 0) is 37.7 Å². The molecule has 1 fully saturated rings. The average Bonchev–Trinajstić information content (AvgIpc) is 2.73. The number of aromatic nitrogens is 1. The predicted molar refractivity (Wildman–Crippen MR) is 109 cm³/mol. The standard InChI is InChI=1S/C21H26N4O3/c1-3-23-11-13-24(14-12-23)19(26)15-25-16(2)9-10-18(21(25)28)22-20(27)17-7-5-4-6-8-17/h4-10H,3,11-15H2,1-2H3,(H,22,27). The number of hydrogen-bond acceptors (Lipinski definition) is 4. The highest BCUT2D eigenvalue weighted by Gasteiger charge is 2.21. The van der Waals surface area contributed by atoms with Crippen molar-refractivity contribution in [1.82, 2.24) is 14.4 Å². The molecule has 1 aliphatic heterocycles. The van der Waals surface area contributed by atoms with E-state index in [1.807, 2.05) is 6.07 Å². The van der Waals surface area contributed by atoms with Gasteiger partial charge < -0.3 is 19.7 Å². The minimum absolute atomic E-state index is 0.0220. The fourth-order valence-corrected chi connectivity index (χ4v) is 3.30. The molecule has 148 valence electrons. The van der Waals surface area contributed by atoms with E-state index in [4.69, 9.17) is 0 Å². The Bertz CT molecular complexity index is 900. The van der Waals surface area contributed by atoms with E-state index in [-0.39, 0.29) is 29.6 Å². The molecule has 0 aliphatic carbocycles. The molecule has 1 saturated heterocycles. The van der Waals surface area contributed by atoms with Gasteiger partial charge >= 0.3 is 0 Å². The Morgan fingerprint density at radius 1 is 1.00 bits per heavy atom. The smallest absolute Gasteiger partial charge is 0.274 e. The van der Waals surface area contributed by atoms with Crippen LogP contribution < -0.4 is 10.9 Å². The summed E-state index contributed by atoms with van der Waals surface area (Å²) in [6, 6.07) is 12.0. The van der Waals surface area contributed by atoms with Crippen LogP contribution in [0, 0.1) is 6.92 Å². The van der Waals surface area contributed by atoms with Gasteiger partial charge in [0.05, 0.1) is 0 Å². The molecular weight excluding hydrogens is 356 g/mol. The highest BCUT2D eigenvalue weighted by Crippen LogP contribution is 2.08. The molecule has 2 heterocycles. The Balaban J connectivity index is 1.73. The van der Waals surface area contributed by atoms with Crippen molar-refractivity contribution in [1.29, 1.82) is 0 Å². The second kappa shape index (κ2) is 8.84. The molecule has 0 spiro atoms. The fourth-order valence-electron chi connectivity index (χ4n) is 3.30. The molecule has 7 heteroatoms. The van der Waals surface area contributed by atoms with Crippen molar-refractivity contribution in [3.05, 3.63) is 64.1 Å². The minimum Gasteiger partial charge on any atom is -0.339 e. The number of nitrogens with one attached hydrogen (secondary N) is 1. The molecule has 0 atom stereocenters. The van der Waals surface area contributed by atoms with E-state index in [1.165, 1.54) is 4.57 Å². The molecule has 1 aromatic carbocycles. The molecule has 0 unspecified atom stereocenters. The number of nitrogens with zero attached hydrogens (tertiary/aromatic N) is 3. The Hall–Kier alpha value is -2.93. The zero-order valence-corrected chi connectivity index (χ0v) is 16.4. The van der Waals surface area contributed by atoms with Crippen LogP contribution >= 0.6 is 0 Å².